The Kier molecular flexibility index (Phi) is 6.05. The summed E-state index contributed by atoms with van der Waals surface area (Å²) >= 11 is 0. The lowest BCUT2D eigenvalue weighted by Gasteiger charge is -2.30. The lowest BCUT2D eigenvalue weighted by molar-refractivity contribution is 0.415. The molecule has 0 aliphatic carbocycles. The van der Waals surface area contributed by atoms with Gasteiger partial charge < -0.3 is 9.63 Å². The van der Waals surface area contributed by atoms with E-state index in [1.165, 1.54) is 0 Å². The molecule has 1 N–H and O–H groups in total. The lowest BCUT2D eigenvalue weighted by atomic mass is 9.81. The van der Waals surface area contributed by atoms with Crippen LogP contribution in [0.15, 0.2) is 72.8 Å². The number of aromatic hydroxyl groups is 1. The minimum absolute atomic E-state index is 0.155. The fourth-order valence-corrected chi connectivity index (χ4v) is 5.09. The molecule has 0 radical (unpaired) electrons. The SMILES string of the molecule is CC(C)(C)c1ccc(C(C)(C)C)c(OP(c2ccccc2)c2ccccc2)c1O. The van der Waals surface area contributed by atoms with Gasteiger partial charge in [-0.25, -0.2) is 0 Å². The fourth-order valence-electron chi connectivity index (χ4n) is 3.33. The third-order valence-corrected chi connectivity index (χ3v) is 6.81. The van der Waals surface area contributed by atoms with Crippen molar-refractivity contribution in [2.45, 2.75) is 52.4 Å². The van der Waals surface area contributed by atoms with Gasteiger partial charge in [-0.2, -0.15) is 0 Å². The summed E-state index contributed by atoms with van der Waals surface area (Å²) < 4.78 is 6.73. The van der Waals surface area contributed by atoms with Gasteiger partial charge in [0.1, 0.15) is 0 Å². The molecule has 2 nitrogen and oxygen atoms in total. The highest BCUT2D eigenvalue weighted by atomic mass is 31.1. The van der Waals surface area contributed by atoms with Gasteiger partial charge in [0.15, 0.2) is 19.6 Å². The number of phenols is 1. The maximum atomic E-state index is 11.3. The van der Waals surface area contributed by atoms with E-state index in [9.17, 15) is 5.11 Å². The smallest absolute Gasteiger partial charge is 0.169 e. The van der Waals surface area contributed by atoms with Crippen molar-refractivity contribution in [3.05, 3.63) is 83.9 Å². The van der Waals surface area contributed by atoms with E-state index < -0.39 is 8.15 Å². The fraction of sp³-hybridized carbons (Fsp3) is 0.308. The highest BCUT2D eigenvalue weighted by molar-refractivity contribution is 7.68. The van der Waals surface area contributed by atoms with Crippen molar-refractivity contribution in [1.82, 2.24) is 0 Å². The Labute approximate surface area is 176 Å². The van der Waals surface area contributed by atoms with E-state index in [-0.39, 0.29) is 16.6 Å². The van der Waals surface area contributed by atoms with Crippen LogP contribution in [0.2, 0.25) is 0 Å². The van der Waals surface area contributed by atoms with Crippen molar-refractivity contribution in [1.29, 1.82) is 0 Å². The molecule has 0 heterocycles. The Hall–Kier alpha value is -2.31. The summed E-state index contributed by atoms with van der Waals surface area (Å²) in [5.74, 6) is 0.855. The normalized spacial score (nSPS) is 12.2. The zero-order valence-corrected chi connectivity index (χ0v) is 19.1. The van der Waals surface area contributed by atoms with Crippen LogP contribution < -0.4 is 15.1 Å². The molecule has 0 aromatic heterocycles. The molecule has 29 heavy (non-hydrogen) atoms. The average molecular weight is 407 g/mol. The van der Waals surface area contributed by atoms with Crippen molar-refractivity contribution in [2.24, 2.45) is 0 Å². The van der Waals surface area contributed by atoms with E-state index in [2.05, 4.69) is 71.9 Å². The third kappa shape index (κ3) is 4.82. The molecule has 0 fully saturated rings. The Morgan fingerprint density at radius 1 is 0.621 bits per heavy atom. The predicted molar refractivity (Wildman–Crippen MR) is 125 cm³/mol. The third-order valence-electron chi connectivity index (χ3n) is 4.91. The minimum Gasteiger partial charge on any atom is -0.504 e. The molecule has 0 amide bonds. The first kappa shape index (κ1) is 21.4. The number of rotatable bonds is 4. The summed E-state index contributed by atoms with van der Waals surface area (Å²) in [5.41, 5.74) is 1.58. The summed E-state index contributed by atoms with van der Waals surface area (Å²) in [5, 5.41) is 13.5. The first-order chi connectivity index (χ1) is 13.6. The molecule has 0 aliphatic heterocycles. The molecule has 0 unspecified atom stereocenters. The van der Waals surface area contributed by atoms with Crippen LogP contribution in [-0.2, 0) is 10.8 Å². The summed E-state index contributed by atoms with van der Waals surface area (Å²) in [7, 11) is -1.11. The first-order valence-electron chi connectivity index (χ1n) is 10.0. The van der Waals surface area contributed by atoms with Gasteiger partial charge in [0.2, 0.25) is 0 Å². The van der Waals surface area contributed by atoms with Gasteiger partial charge in [0, 0.05) is 21.7 Å². The molecular weight excluding hydrogens is 375 g/mol. The van der Waals surface area contributed by atoms with Crippen LogP contribution in [0.5, 0.6) is 11.5 Å². The number of benzene rings is 3. The molecule has 3 rings (SSSR count). The highest BCUT2D eigenvalue weighted by Gasteiger charge is 2.30. The minimum atomic E-state index is -1.11. The molecule has 152 valence electrons. The topological polar surface area (TPSA) is 29.5 Å². The zero-order chi connectivity index (χ0) is 21.2. The average Bonchev–Trinajstić information content (AvgIpc) is 2.66. The number of hydrogen-bond donors (Lipinski definition) is 1. The van der Waals surface area contributed by atoms with Gasteiger partial charge in [-0.05, 0) is 10.8 Å². The Morgan fingerprint density at radius 2 is 1.03 bits per heavy atom. The van der Waals surface area contributed by atoms with Crippen molar-refractivity contribution >= 4 is 18.8 Å². The quantitative estimate of drug-likeness (QED) is 0.507. The van der Waals surface area contributed by atoms with E-state index in [0.29, 0.717) is 5.75 Å². The van der Waals surface area contributed by atoms with Gasteiger partial charge >= 0.3 is 0 Å². The van der Waals surface area contributed by atoms with Crippen molar-refractivity contribution in [3.8, 4) is 11.5 Å². The van der Waals surface area contributed by atoms with Crippen LogP contribution in [0.3, 0.4) is 0 Å². The van der Waals surface area contributed by atoms with Crippen LogP contribution in [0, 0.1) is 0 Å². The van der Waals surface area contributed by atoms with Crippen LogP contribution in [0.1, 0.15) is 52.7 Å². The number of hydrogen-bond acceptors (Lipinski definition) is 2. The molecule has 3 aromatic carbocycles. The van der Waals surface area contributed by atoms with Gasteiger partial charge in [-0.3, -0.25) is 0 Å². The van der Waals surface area contributed by atoms with Gasteiger partial charge in [0.05, 0.1) is 0 Å². The van der Waals surface area contributed by atoms with Crippen molar-refractivity contribution in [2.75, 3.05) is 0 Å². The molecule has 0 bridgehead atoms. The summed E-state index contributed by atoms with van der Waals surface area (Å²) in [6.07, 6.45) is 0. The number of phenolic OH excluding ortho intramolecular Hbond substituents is 1. The van der Waals surface area contributed by atoms with Gasteiger partial charge in [0.25, 0.3) is 0 Å². The maximum absolute atomic E-state index is 11.3. The second-order valence-electron chi connectivity index (χ2n) is 9.40. The van der Waals surface area contributed by atoms with Crippen molar-refractivity contribution < 1.29 is 9.63 Å². The van der Waals surface area contributed by atoms with E-state index in [1.807, 2.05) is 42.5 Å². The second kappa shape index (κ2) is 8.20. The Morgan fingerprint density at radius 3 is 1.45 bits per heavy atom. The Bertz CT molecular complexity index is 912. The molecule has 0 saturated heterocycles. The standard InChI is InChI=1S/C26H31O2P/c1-25(2,3)21-17-18-22(26(4,5)6)24(23(21)27)28-29(19-13-9-7-10-14-19)20-15-11-8-12-16-20/h7-18,27H,1-6H3. The van der Waals surface area contributed by atoms with Gasteiger partial charge in [-0.15, -0.1) is 0 Å². The maximum Gasteiger partial charge on any atom is 0.169 e. The van der Waals surface area contributed by atoms with E-state index in [0.717, 1.165) is 21.7 Å². The van der Waals surface area contributed by atoms with Crippen LogP contribution >= 0.6 is 8.15 Å². The lowest BCUT2D eigenvalue weighted by Crippen LogP contribution is -2.20. The molecule has 0 saturated carbocycles. The van der Waals surface area contributed by atoms with E-state index in [4.69, 9.17) is 4.52 Å². The predicted octanol–water partition coefficient (Wildman–Crippen LogP) is 6.41. The van der Waals surface area contributed by atoms with Crippen LogP contribution in [0.25, 0.3) is 0 Å². The highest BCUT2D eigenvalue weighted by Crippen LogP contribution is 2.49. The molecule has 0 aliphatic rings. The van der Waals surface area contributed by atoms with Crippen LogP contribution in [-0.4, -0.2) is 5.11 Å². The monoisotopic (exact) mass is 406 g/mol. The largest absolute Gasteiger partial charge is 0.504 e. The van der Waals surface area contributed by atoms with E-state index >= 15 is 0 Å². The summed E-state index contributed by atoms with van der Waals surface area (Å²) in [4.78, 5) is 0. The molecule has 3 aromatic rings. The summed E-state index contributed by atoms with van der Waals surface area (Å²) in [6, 6.07) is 24.7. The van der Waals surface area contributed by atoms with Gasteiger partial charge in [-0.1, -0.05) is 114 Å². The molecular formula is C26H31O2P. The molecule has 0 spiro atoms. The van der Waals surface area contributed by atoms with Crippen molar-refractivity contribution in [3.63, 3.8) is 0 Å². The summed E-state index contributed by atoms with van der Waals surface area (Å²) in [6.45, 7) is 12.8. The Balaban J connectivity index is 2.19. The van der Waals surface area contributed by atoms with Crippen LogP contribution in [0.4, 0.5) is 0 Å². The molecule has 0 atom stereocenters. The zero-order valence-electron chi connectivity index (χ0n) is 18.2. The van der Waals surface area contributed by atoms with E-state index in [1.54, 1.807) is 0 Å². The molecule has 3 heteroatoms. The second-order valence-corrected chi connectivity index (χ2v) is 11.2. The first-order valence-corrected chi connectivity index (χ1v) is 11.3.